The van der Waals surface area contributed by atoms with Gasteiger partial charge in [0.15, 0.2) is 0 Å². The van der Waals surface area contributed by atoms with Crippen molar-refractivity contribution in [2.75, 3.05) is 5.32 Å². The van der Waals surface area contributed by atoms with Gasteiger partial charge in [-0.05, 0) is 102 Å². The number of anilines is 2. The molecule has 0 heterocycles. The Labute approximate surface area is 239 Å². The van der Waals surface area contributed by atoms with Gasteiger partial charge in [0, 0.05) is 11.4 Å². The van der Waals surface area contributed by atoms with Crippen molar-refractivity contribution in [3.8, 4) is 22.3 Å². The van der Waals surface area contributed by atoms with Gasteiger partial charge in [0.2, 0.25) is 0 Å². The van der Waals surface area contributed by atoms with Gasteiger partial charge < -0.3 is 5.32 Å². The standard InChI is InChI=1S/C40H27N/c1-3-11-33-29(9-1)25-39(37-15-7-5-13-35(33)37)27-17-21-31(22-18-27)41-32-23-19-28(20-24-32)40-26-30-10-2-4-12-34(30)36-14-6-8-16-38(36)40/h1-26,41H. The molecule has 0 aromatic heterocycles. The second-order valence-electron chi connectivity index (χ2n) is 10.7. The van der Waals surface area contributed by atoms with Crippen LogP contribution >= 0.6 is 0 Å². The fourth-order valence-electron chi connectivity index (χ4n) is 6.22. The number of hydrogen-bond donors (Lipinski definition) is 1. The minimum absolute atomic E-state index is 1.07. The largest absolute Gasteiger partial charge is 0.356 e. The SMILES string of the molecule is c1ccc2c(c1)cc(-c1ccc(Nc3ccc(-c4cc5ccccc5c5ccccc45)cc3)cc1)c1ccccc12. The van der Waals surface area contributed by atoms with Crippen LogP contribution in [0.3, 0.4) is 0 Å². The van der Waals surface area contributed by atoms with Crippen molar-refractivity contribution in [2.45, 2.75) is 0 Å². The zero-order valence-electron chi connectivity index (χ0n) is 22.5. The van der Waals surface area contributed by atoms with Crippen LogP contribution < -0.4 is 5.32 Å². The van der Waals surface area contributed by atoms with Gasteiger partial charge in [-0.15, -0.1) is 0 Å². The molecule has 1 N–H and O–H groups in total. The van der Waals surface area contributed by atoms with Crippen LogP contribution in [0, 0.1) is 0 Å². The highest BCUT2D eigenvalue weighted by Crippen LogP contribution is 2.37. The summed E-state index contributed by atoms with van der Waals surface area (Å²) in [4.78, 5) is 0. The summed E-state index contributed by atoms with van der Waals surface area (Å²) in [5, 5.41) is 13.9. The lowest BCUT2D eigenvalue weighted by molar-refractivity contribution is 1.54. The second-order valence-corrected chi connectivity index (χ2v) is 10.7. The van der Waals surface area contributed by atoms with Crippen LogP contribution in [-0.2, 0) is 0 Å². The molecule has 0 atom stereocenters. The lowest BCUT2D eigenvalue weighted by Gasteiger charge is -2.13. The second kappa shape index (κ2) is 9.66. The van der Waals surface area contributed by atoms with Gasteiger partial charge in [-0.2, -0.15) is 0 Å². The maximum atomic E-state index is 3.59. The average molecular weight is 522 g/mol. The monoisotopic (exact) mass is 521 g/mol. The highest BCUT2D eigenvalue weighted by atomic mass is 14.9. The molecule has 192 valence electrons. The molecule has 0 aliphatic rings. The summed E-state index contributed by atoms with van der Waals surface area (Å²) in [7, 11) is 0. The Morgan fingerprint density at radius 1 is 0.293 bits per heavy atom. The molecule has 8 rings (SSSR count). The van der Waals surface area contributed by atoms with E-state index in [1.165, 1.54) is 65.3 Å². The van der Waals surface area contributed by atoms with Crippen molar-refractivity contribution < 1.29 is 0 Å². The summed E-state index contributed by atoms with van der Waals surface area (Å²) < 4.78 is 0. The molecule has 0 saturated heterocycles. The molecule has 8 aromatic rings. The zero-order valence-corrected chi connectivity index (χ0v) is 22.5. The van der Waals surface area contributed by atoms with Gasteiger partial charge in [0.1, 0.15) is 0 Å². The van der Waals surface area contributed by atoms with E-state index in [-0.39, 0.29) is 0 Å². The zero-order chi connectivity index (χ0) is 27.2. The molecule has 0 unspecified atom stereocenters. The van der Waals surface area contributed by atoms with Crippen LogP contribution in [0.1, 0.15) is 0 Å². The van der Waals surface area contributed by atoms with E-state index in [1.54, 1.807) is 0 Å². The minimum Gasteiger partial charge on any atom is -0.356 e. The molecule has 0 amide bonds. The third kappa shape index (κ3) is 4.11. The van der Waals surface area contributed by atoms with Crippen LogP contribution in [0.5, 0.6) is 0 Å². The van der Waals surface area contributed by atoms with Crippen molar-refractivity contribution in [3.63, 3.8) is 0 Å². The van der Waals surface area contributed by atoms with Crippen LogP contribution in [0.15, 0.2) is 158 Å². The van der Waals surface area contributed by atoms with Crippen LogP contribution in [0.4, 0.5) is 11.4 Å². The fraction of sp³-hybridized carbons (Fsp3) is 0. The summed E-state index contributed by atoms with van der Waals surface area (Å²) in [6.45, 7) is 0. The summed E-state index contributed by atoms with van der Waals surface area (Å²) in [5.74, 6) is 0. The van der Waals surface area contributed by atoms with Gasteiger partial charge in [-0.25, -0.2) is 0 Å². The third-order valence-corrected chi connectivity index (χ3v) is 8.22. The first-order chi connectivity index (χ1) is 20.3. The number of hydrogen-bond acceptors (Lipinski definition) is 1. The molecule has 0 fully saturated rings. The van der Waals surface area contributed by atoms with E-state index in [0.29, 0.717) is 0 Å². The topological polar surface area (TPSA) is 12.0 Å². The Morgan fingerprint density at radius 3 is 1.05 bits per heavy atom. The molecule has 0 aliphatic carbocycles. The van der Waals surface area contributed by atoms with Crippen molar-refractivity contribution in [3.05, 3.63) is 158 Å². The van der Waals surface area contributed by atoms with E-state index in [9.17, 15) is 0 Å². The Balaban J connectivity index is 1.10. The van der Waals surface area contributed by atoms with E-state index in [0.717, 1.165) is 11.4 Å². The lowest BCUT2D eigenvalue weighted by Crippen LogP contribution is -1.91. The minimum atomic E-state index is 1.07. The first kappa shape index (κ1) is 23.5. The molecule has 8 aromatic carbocycles. The average Bonchev–Trinajstić information content (AvgIpc) is 3.05. The third-order valence-electron chi connectivity index (χ3n) is 8.22. The van der Waals surface area contributed by atoms with Gasteiger partial charge in [0.25, 0.3) is 0 Å². The quantitative estimate of drug-likeness (QED) is 0.227. The predicted molar refractivity (Wildman–Crippen MR) is 177 cm³/mol. The summed E-state index contributed by atoms with van der Waals surface area (Å²) >= 11 is 0. The van der Waals surface area contributed by atoms with Crippen molar-refractivity contribution in [1.29, 1.82) is 0 Å². The molecule has 0 spiro atoms. The van der Waals surface area contributed by atoms with E-state index >= 15 is 0 Å². The van der Waals surface area contributed by atoms with E-state index < -0.39 is 0 Å². The number of fused-ring (bicyclic) bond motifs is 6. The smallest absolute Gasteiger partial charge is 0.0384 e. The molecule has 0 saturated carbocycles. The first-order valence-corrected chi connectivity index (χ1v) is 14.1. The molecule has 0 bridgehead atoms. The maximum absolute atomic E-state index is 3.59. The van der Waals surface area contributed by atoms with Crippen LogP contribution in [-0.4, -0.2) is 0 Å². The van der Waals surface area contributed by atoms with Crippen molar-refractivity contribution >= 4 is 54.5 Å². The number of rotatable bonds is 4. The molecule has 0 aliphatic heterocycles. The number of nitrogens with one attached hydrogen (secondary N) is 1. The highest BCUT2D eigenvalue weighted by molar-refractivity contribution is 6.14. The molecule has 41 heavy (non-hydrogen) atoms. The van der Waals surface area contributed by atoms with Crippen molar-refractivity contribution in [2.24, 2.45) is 0 Å². The van der Waals surface area contributed by atoms with E-state index in [4.69, 9.17) is 0 Å². The van der Waals surface area contributed by atoms with Crippen molar-refractivity contribution in [1.82, 2.24) is 0 Å². The summed E-state index contributed by atoms with van der Waals surface area (Å²) in [6, 6.07) is 56.9. The van der Waals surface area contributed by atoms with Crippen LogP contribution in [0.25, 0.3) is 65.3 Å². The molecular weight excluding hydrogens is 494 g/mol. The molecule has 1 nitrogen and oxygen atoms in total. The highest BCUT2D eigenvalue weighted by Gasteiger charge is 2.10. The Kier molecular flexibility index (Phi) is 5.53. The van der Waals surface area contributed by atoms with Gasteiger partial charge in [-0.3, -0.25) is 0 Å². The van der Waals surface area contributed by atoms with Gasteiger partial charge in [-0.1, -0.05) is 121 Å². The lowest BCUT2D eigenvalue weighted by atomic mass is 9.93. The summed E-state index contributed by atoms with van der Waals surface area (Å²) in [6.07, 6.45) is 0. The fourth-order valence-corrected chi connectivity index (χ4v) is 6.22. The Hall–Kier alpha value is -5.40. The maximum Gasteiger partial charge on any atom is 0.0384 e. The Bertz CT molecular complexity index is 2050. The van der Waals surface area contributed by atoms with Crippen LogP contribution in [0.2, 0.25) is 0 Å². The Morgan fingerprint density at radius 2 is 0.634 bits per heavy atom. The molecule has 1 heteroatoms. The summed E-state index contributed by atoms with van der Waals surface area (Å²) in [5.41, 5.74) is 7.10. The predicted octanol–water partition coefficient (Wildman–Crippen LogP) is 11.4. The number of benzene rings is 8. The first-order valence-electron chi connectivity index (χ1n) is 14.1. The molecule has 0 radical (unpaired) electrons. The van der Waals surface area contributed by atoms with E-state index in [1.807, 2.05) is 0 Å². The normalized spacial score (nSPS) is 11.4. The van der Waals surface area contributed by atoms with Gasteiger partial charge >= 0.3 is 0 Å². The molecular formula is C40H27N. The van der Waals surface area contributed by atoms with E-state index in [2.05, 4.69) is 163 Å². The van der Waals surface area contributed by atoms with Gasteiger partial charge in [0.05, 0.1) is 0 Å².